The van der Waals surface area contributed by atoms with Gasteiger partial charge in [0, 0.05) is 23.7 Å². The zero-order valence-electron chi connectivity index (χ0n) is 20.8. The Morgan fingerprint density at radius 3 is 2.32 bits per heavy atom. The van der Waals surface area contributed by atoms with Crippen molar-refractivity contribution in [2.24, 2.45) is 23.2 Å². The Balaban J connectivity index is 1.73. The molecule has 0 aromatic carbocycles. The molecule has 1 saturated heterocycles. The van der Waals surface area contributed by atoms with Crippen LogP contribution in [0.5, 0.6) is 0 Å². The standard InChI is InChI=1S/C26H46O4Si/c1-7-8-9-10-11-12-14-25(24(2,3)4,30-31(5)6)15-13-20-21-19-26(28-16-17-29-26)22(21)18-23(20)27/h20-23,27,31H,7-12,14,16-19H2,1-6H3. The van der Waals surface area contributed by atoms with Crippen LogP contribution in [-0.4, -0.2) is 44.9 Å². The summed E-state index contributed by atoms with van der Waals surface area (Å²) in [7, 11) is -1.29. The Bertz CT molecular complexity index is 640. The Labute approximate surface area is 192 Å². The van der Waals surface area contributed by atoms with Gasteiger partial charge in [-0.25, -0.2) is 0 Å². The van der Waals surface area contributed by atoms with Crippen LogP contribution in [0.15, 0.2) is 0 Å². The SMILES string of the molecule is CCCCCCCCC(C#CC1C(O)CC2C1CC21OCCO1)(O[SiH](C)C)C(C)(C)C. The average Bonchev–Trinajstić information content (AvgIpc) is 3.26. The van der Waals surface area contributed by atoms with Crippen molar-refractivity contribution in [3.63, 3.8) is 0 Å². The van der Waals surface area contributed by atoms with Crippen LogP contribution in [0.25, 0.3) is 0 Å². The molecule has 2 aliphatic carbocycles. The number of rotatable bonds is 9. The summed E-state index contributed by atoms with van der Waals surface area (Å²) in [6.45, 7) is 14.9. The highest BCUT2D eigenvalue weighted by atomic mass is 28.3. The van der Waals surface area contributed by atoms with E-state index in [9.17, 15) is 5.11 Å². The first-order valence-electron chi connectivity index (χ1n) is 12.8. The van der Waals surface area contributed by atoms with Gasteiger partial charge in [-0.15, -0.1) is 0 Å². The number of aliphatic hydroxyl groups excluding tert-OH is 1. The summed E-state index contributed by atoms with van der Waals surface area (Å²) in [4.78, 5) is 0. The Morgan fingerprint density at radius 2 is 1.71 bits per heavy atom. The quantitative estimate of drug-likeness (QED) is 0.295. The van der Waals surface area contributed by atoms with E-state index in [1.54, 1.807) is 0 Å². The van der Waals surface area contributed by atoms with Crippen molar-refractivity contribution in [2.45, 2.75) is 116 Å². The number of hydrogen-bond acceptors (Lipinski definition) is 4. The van der Waals surface area contributed by atoms with E-state index >= 15 is 0 Å². The summed E-state index contributed by atoms with van der Waals surface area (Å²) in [5.41, 5.74) is -0.500. The van der Waals surface area contributed by atoms with Crippen molar-refractivity contribution in [3.05, 3.63) is 0 Å². The largest absolute Gasteiger partial charge is 0.404 e. The van der Waals surface area contributed by atoms with Crippen LogP contribution in [-0.2, 0) is 13.9 Å². The lowest BCUT2D eigenvalue weighted by Gasteiger charge is -2.48. The molecule has 1 heterocycles. The number of unbranched alkanes of at least 4 members (excludes halogenated alkanes) is 5. The van der Waals surface area contributed by atoms with Gasteiger partial charge in [-0.1, -0.05) is 71.6 Å². The highest BCUT2D eigenvalue weighted by Crippen LogP contribution is 2.59. The summed E-state index contributed by atoms with van der Waals surface area (Å²) in [6.07, 6.45) is 9.83. The molecule has 31 heavy (non-hydrogen) atoms. The third-order valence-corrected chi connectivity index (χ3v) is 8.59. The lowest BCUT2D eigenvalue weighted by Crippen LogP contribution is -2.54. The van der Waals surface area contributed by atoms with Gasteiger partial charge < -0.3 is 19.0 Å². The van der Waals surface area contributed by atoms with Crippen molar-refractivity contribution >= 4 is 9.04 Å². The number of ether oxygens (including phenoxy) is 2. The zero-order chi connectivity index (χ0) is 22.7. The van der Waals surface area contributed by atoms with Gasteiger partial charge in [0.1, 0.15) is 5.60 Å². The van der Waals surface area contributed by atoms with E-state index in [4.69, 9.17) is 13.9 Å². The zero-order valence-corrected chi connectivity index (χ0v) is 22.0. The second kappa shape index (κ2) is 10.3. The molecule has 1 N–H and O–H groups in total. The summed E-state index contributed by atoms with van der Waals surface area (Å²) < 4.78 is 18.6. The molecule has 5 heteroatoms. The van der Waals surface area contributed by atoms with E-state index < -0.39 is 26.5 Å². The number of aliphatic hydroxyl groups is 1. The third kappa shape index (κ3) is 5.41. The molecule has 1 aliphatic heterocycles. The summed E-state index contributed by atoms with van der Waals surface area (Å²) >= 11 is 0. The minimum atomic E-state index is -1.29. The molecule has 0 amide bonds. The third-order valence-electron chi connectivity index (χ3n) is 7.72. The van der Waals surface area contributed by atoms with Crippen LogP contribution in [0.1, 0.15) is 85.5 Å². The first kappa shape index (κ1) is 25.2. The molecular weight excluding hydrogens is 404 g/mol. The molecule has 2 saturated carbocycles. The molecular formula is C26H46O4Si. The fourth-order valence-electron chi connectivity index (χ4n) is 5.86. The molecule has 1 spiro atoms. The minimum Gasteiger partial charge on any atom is -0.404 e. The molecule has 3 aliphatic rings. The smallest absolute Gasteiger partial charge is 0.173 e. The summed E-state index contributed by atoms with van der Waals surface area (Å²) in [6, 6.07) is 0. The molecule has 0 aromatic rings. The van der Waals surface area contributed by atoms with Crippen LogP contribution in [0.2, 0.25) is 13.1 Å². The maximum atomic E-state index is 10.8. The normalized spacial score (nSPS) is 31.2. The van der Waals surface area contributed by atoms with Crippen molar-refractivity contribution in [2.75, 3.05) is 13.2 Å². The van der Waals surface area contributed by atoms with Crippen LogP contribution >= 0.6 is 0 Å². The molecule has 5 atom stereocenters. The van der Waals surface area contributed by atoms with Gasteiger partial charge in [0.2, 0.25) is 0 Å². The maximum Gasteiger partial charge on any atom is 0.173 e. The van der Waals surface area contributed by atoms with Gasteiger partial charge in [-0.3, -0.25) is 0 Å². The molecule has 178 valence electrons. The Morgan fingerprint density at radius 1 is 1.06 bits per heavy atom. The van der Waals surface area contributed by atoms with Gasteiger partial charge in [0.25, 0.3) is 0 Å². The van der Waals surface area contributed by atoms with Crippen molar-refractivity contribution in [1.82, 2.24) is 0 Å². The predicted octanol–water partition coefficient (Wildman–Crippen LogP) is 5.29. The van der Waals surface area contributed by atoms with Crippen LogP contribution in [0.3, 0.4) is 0 Å². The first-order chi connectivity index (χ1) is 14.6. The van der Waals surface area contributed by atoms with Gasteiger partial charge in [-0.2, -0.15) is 0 Å². The van der Waals surface area contributed by atoms with E-state index in [-0.39, 0.29) is 17.3 Å². The van der Waals surface area contributed by atoms with E-state index in [1.165, 1.54) is 32.1 Å². The highest BCUT2D eigenvalue weighted by Gasteiger charge is 2.64. The lowest BCUT2D eigenvalue weighted by atomic mass is 9.67. The fraction of sp³-hybridized carbons (Fsp3) is 0.923. The molecule has 0 bridgehead atoms. The summed E-state index contributed by atoms with van der Waals surface area (Å²) in [5, 5.41) is 10.8. The fourth-order valence-corrected chi connectivity index (χ4v) is 7.20. The van der Waals surface area contributed by atoms with E-state index in [1.807, 2.05) is 0 Å². The van der Waals surface area contributed by atoms with E-state index in [0.717, 1.165) is 25.7 Å². The first-order valence-corrected chi connectivity index (χ1v) is 15.6. The monoisotopic (exact) mass is 450 g/mol. The number of fused-ring (bicyclic) bond motifs is 2. The second-order valence-corrected chi connectivity index (χ2v) is 13.7. The summed E-state index contributed by atoms with van der Waals surface area (Å²) in [5.74, 6) is 7.47. The maximum absolute atomic E-state index is 10.8. The highest BCUT2D eigenvalue weighted by molar-refractivity contribution is 6.48. The van der Waals surface area contributed by atoms with Crippen LogP contribution in [0, 0.1) is 35.0 Å². The predicted molar refractivity (Wildman–Crippen MR) is 128 cm³/mol. The van der Waals surface area contributed by atoms with Gasteiger partial charge >= 0.3 is 0 Å². The molecule has 5 unspecified atom stereocenters. The molecule has 4 nitrogen and oxygen atoms in total. The van der Waals surface area contributed by atoms with E-state index in [0.29, 0.717) is 19.1 Å². The van der Waals surface area contributed by atoms with Crippen LogP contribution in [0.4, 0.5) is 0 Å². The van der Waals surface area contributed by atoms with Crippen molar-refractivity contribution < 1.29 is 19.0 Å². The van der Waals surface area contributed by atoms with Crippen molar-refractivity contribution in [1.29, 1.82) is 0 Å². The van der Waals surface area contributed by atoms with E-state index in [2.05, 4.69) is 52.6 Å². The van der Waals surface area contributed by atoms with Gasteiger partial charge in [-0.05, 0) is 38.3 Å². The molecule has 3 rings (SSSR count). The Hall–Kier alpha value is -0.383. The van der Waals surface area contributed by atoms with Gasteiger partial charge in [0.05, 0.1) is 19.3 Å². The molecule has 3 fully saturated rings. The lowest BCUT2D eigenvalue weighted by molar-refractivity contribution is -0.270. The number of hydrogen-bond donors (Lipinski definition) is 1. The van der Waals surface area contributed by atoms with Crippen LogP contribution < -0.4 is 0 Å². The second-order valence-electron chi connectivity index (χ2n) is 11.3. The van der Waals surface area contributed by atoms with Crippen molar-refractivity contribution in [3.8, 4) is 11.8 Å². The van der Waals surface area contributed by atoms with Gasteiger partial charge in [0.15, 0.2) is 14.8 Å². The minimum absolute atomic E-state index is 0.00660. The average molecular weight is 451 g/mol. The topological polar surface area (TPSA) is 47.9 Å². The molecule has 0 radical (unpaired) electrons. The molecule has 0 aromatic heterocycles. The Kier molecular flexibility index (Phi) is 8.36.